The molecule has 0 amide bonds. The fourth-order valence-corrected chi connectivity index (χ4v) is 5.99. The van der Waals surface area contributed by atoms with Crippen molar-refractivity contribution in [3.8, 4) is 0 Å². The number of rotatable bonds is 4. The van der Waals surface area contributed by atoms with Gasteiger partial charge >= 0.3 is 0 Å². The van der Waals surface area contributed by atoms with Gasteiger partial charge in [0.1, 0.15) is 4.90 Å². The normalized spacial score (nSPS) is 12.0. The van der Waals surface area contributed by atoms with Gasteiger partial charge in [-0.25, -0.2) is 16.8 Å². The lowest BCUT2D eigenvalue weighted by molar-refractivity contribution is -0.385. The second-order valence-corrected chi connectivity index (χ2v) is 9.86. The molecule has 0 N–H and O–H groups in total. The van der Waals surface area contributed by atoms with Crippen LogP contribution in [0.3, 0.4) is 0 Å². The van der Waals surface area contributed by atoms with E-state index in [1.54, 1.807) is 0 Å². The predicted octanol–water partition coefficient (Wildman–Crippen LogP) is 2.41. The van der Waals surface area contributed by atoms with Gasteiger partial charge in [0.15, 0.2) is 0 Å². The average Bonchev–Trinajstić information content (AvgIpc) is 2.47. The monoisotopic (exact) mass is 361 g/mol. The van der Waals surface area contributed by atoms with Crippen LogP contribution in [0.25, 0.3) is 0 Å². The molecule has 0 unspecified atom stereocenters. The molecule has 0 radical (unpaired) electrons. The molecule has 0 heterocycles. The Hall–Kier alpha value is -1.97. The molecule has 0 aliphatic rings. The molecule has 0 atom stereocenters. The van der Waals surface area contributed by atoms with Gasteiger partial charge in [0.2, 0.25) is 0 Å². The molecule has 0 aliphatic heterocycles. The van der Waals surface area contributed by atoms with Crippen LogP contribution in [0.2, 0.25) is 5.02 Å². The van der Waals surface area contributed by atoms with Crippen molar-refractivity contribution in [3.05, 3.63) is 63.7 Å². The van der Waals surface area contributed by atoms with E-state index in [0.29, 0.717) is 6.07 Å². The van der Waals surface area contributed by atoms with Gasteiger partial charge in [0.05, 0.1) is 14.8 Å². The fraction of sp³-hybridized carbons (Fsp3) is 0. The molecule has 2 rings (SSSR count). The first-order chi connectivity index (χ1) is 10.2. The Morgan fingerprint density at radius 2 is 1.55 bits per heavy atom. The number of hydrogen-bond donors (Lipinski definition) is 0. The van der Waals surface area contributed by atoms with E-state index in [2.05, 4.69) is 0 Å². The predicted molar refractivity (Wildman–Crippen MR) is 78.9 cm³/mol. The molecule has 0 aliphatic carbocycles. The molecule has 22 heavy (non-hydrogen) atoms. The molecule has 0 saturated carbocycles. The highest BCUT2D eigenvalue weighted by molar-refractivity contribution is 8.67. The third-order valence-corrected chi connectivity index (χ3v) is 8.31. The van der Waals surface area contributed by atoms with Gasteiger partial charge in [-0.1, -0.05) is 29.8 Å². The van der Waals surface area contributed by atoms with Gasteiger partial charge in [-0.15, -0.1) is 0 Å². The Balaban J connectivity index is 2.67. The first-order valence-corrected chi connectivity index (χ1v) is 9.53. The summed E-state index contributed by atoms with van der Waals surface area (Å²) in [5, 5.41) is 10.4. The van der Waals surface area contributed by atoms with E-state index in [9.17, 15) is 26.9 Å². The number of nitro groups is 1. The first kappa shape index (κ1) is 16.4. The summed E-state index contributed by atoms with van der Waals surface area (Å²) in [6, 6.07) is 8.85. The zero-order valence-corrected chi connectivity index (χ0v) is 13.1. The maximum atomic E-state index is 12.3. The maximum absolute atomic E-state index is 12.3. The van der Waals surface area contributed by atoms with E-state index in [1.165, 1.54) is 18.2 Å². The van der Waals surface area contributed by atoms with Crippen molar-refractivity contribution < 1.29 is 21.8 Å². The van der Waals surface area contributed by atoms with Gasteiger partial charge in [-0.3, -0.25) is 10.1 Å². The number of benzene rings is 2. The van der Waals surface area contributed by atoms with Gasteiger partial charge in [-0.2, -0.15) is 0 Å². The van der Waals surface area contributed by atoms with Crippen LogP contribution in [0.1, 0.15) is 0 Å². The summed E-state index contributed by atoms with van der Waals surface area (Å²) in [6.07, 6.45) is 0. The van der Waals surface area contributed by atoms with Crippen molar-refractivity contribution in [2.45, 2.75) is 9.79 Å². The van der Waals surface area contributed by atoms with Crippen molar-refractivity contribution in [3.63, 3.8) is 0 Å². The number of nitro benzene ring substituents is 1. The lowest BCUT2D eigenvalue weighted by Gasteiger charge is -2.07. The highest BCUT2D eigenvalue weighted by Gasteiger charge is 2.36. The lowest BCUT2D eigenvalue weighted by atomic mass is 10.3. The van der Waals surface area contributed by atoms with Crippen LogP contribution >= 0.6 is 11.6 Å². The van der Waals surface area contributed by atoms with E-state index in [0.717, 1.165) is 24.3 Å². The van der Waals surface area contributed by atoms with Gasteiger partial charge in [0, 0.05) is 12.1 Å². The van der Waals surface area contributed by atoms with Crippen LogP contribution < -0.4 is 0 Å². The molecule has 2 aromatic carbocycles. The Morgan fingerprint density at radius 3 is 2.14 bits per heavy atom. The smallest absolute Gasteiger partial charge is 0.258 e. The topological polar surface area (TPSA) is 111 Å². The van der Waals surface area contributed by atoms with E-state index in [4.69, 9.17) is 11.6 Å². The van der Waals surface area contributed by atoms with Crippen molar-refractivity contribution in [1.29, 1.82) is 0 Å². The molecule has 116 valence electrons. The molecule has 2 aromatic rings. The Bertz CT molecular complexity index is 953. The second-order valence-electron chi connectivity index (χ2n) is 4.09. The third-order valence-electron chi connectivity index (χ3n) is 2.71. The molecular formula is C12H8ClNO6S2. The maximum Gasteiger partial charge on any atom is 0.287 e. The number of non-ortho nitro benzene ring substituents is 1. The standard InChI is InChI=1S/C12H8ClNO6S2/c13-11-6-1-2-7-12(11)22(19,20)21(17,18)10-5-3-4-9(8-10)14(15)16/h1-8H. The summed E-state index contributed by atoms with van der Waals surface area (Å²) in [7, 11) is -9.73. The molecular weight excluding hydrogens is 354 g/mol. The van der Waals surface area contributed by atoms with Crippen molar-refractivity contribution in [2.75, 3.05) is 0 Å². The Labute approximate surface area is 130 Å². The molecule has 0 aromatic heterocycles. The number of nitrogens with zero attached hydrogens (tertiary/aromatic N) is 1. The second kappa shape index (κ2) is 5.67. The van der Waals surface area contributed by atoms with Crippen molar-refractivity contribution >= 4 is 35.0 Å². The third kappa shape index (κ3) is 2.70. The molecule has 0 saturated heterocycles. The minimum atomic E-state index is -4.89. The Kier molecular flexibility index (Phi) is 4.23. The number of halogens is 1. The van der Waals surface area contributed by atoms with Crippen molar-refractivity contribution in [2.24, 2.45) is 0 Å². The zero-order chi connectivity index (χ0) is 16.5. The first-order valence-electron chi connectivity index (χ1n) is 5.67. The van der Waals surface area contributed by atoms with Crippen LogP contribution in [0.15, 0.2) is 58.3 Å². The largest absolute Gasteiger partial charge is 0.287 e. The summed E-state index contributed by atoms with van der Waals surface area (Å²) in [5.74, 6) is 0. The van der Waals surface area contributed by atoms with E-state index >= 15 is 0 Å². The average molecular weight is 362 g/mol. The van der Waals surface area contributed by atoms with Crippen molar-refractivity contribution in [1.82, 2.24) is 0 Å². The SMILES string of the molecule is O=[N+]([O-])c1cccc(S(=O)(=O)S(=O)(=O)c2ccccc2Cl)c1. The summed E-state index contributed by atoms with van der Waals surface area (Å²) in [4.78, 5) is 8.60. The molecule has 10 heteroatoms. The van der Waals surface area contributed by atoms with E-state index in [1.807, 2.05) is 0 Å². The lowest BCUT2D eigenvalue weighted by Crippen LogP contribution is -2.16. The van der Waals surface area contributed by atoms with Crippen LogP contribution in [0, 0.1) is 10.1 Å². The number of hydrogen-bond acceptors (Lipinski definition) is 6. The Morgan fingerprint density at radius 1 is 0.909 bits per heavy atom. The molecule has 0 bridgehead atoms. The van der Waals surface area contributed by atoms with E-state index < -0.39 is 38.1 Å². The summed E-state index contributed by atoms with van der Waals surface area (Å²) < 4.78 is 49.3. The highest BCUT2D eigenvalue weighted by Crippen LogP contribution is 2.30. The highest BCUT2D eigenvalue weighted by atomic mass is 35.5. The minimum Gasteiger partial charge on any atom is -0.258 e. The van der Waals surface area contributed by atoms with Gasteiger partial charge in [-0.05, 0) is 18.2 Å². The summed E-state index contributed by atoms with van der Waals surface area (Å²) in [6.45, 7) is 0. The van der Waals surface area contributed by atoms with Crippen LogP contribution in [0.5, 0.6) is 0 Å². The quantitative estimate of drug-likeness (QED) is 0.469. The van der Waals surface area contributed by atoms with E-state index in [-0.39, 0.29) is 5.02 Å². The minimum absolute atomic E-state index is 0.253. The van der Waals surface area contributed by atoms with Crippen LogP contribution in [0.4, 0.5) is 5.69 Å². The molecule has 0 spiro atoms. The van der Waals surface area contributed by atoms with Gasteiger partial charge in [0.25, 0.3) is 23.4 Å². The molecule has 7 nitrogen and oxygen atoms in total. The zero-order valence-electron chi connectivity index (χ0n) is 10.7. The van der Waals surface area contributed by atoms with Crippen LogP contribution in [-0.4, -0.2) is 21.8 Å². The molecule has 0 fully saturated rings. The summed E-state index contributed by atoms with van der Waals surface area (Å²) >= 11 is 5.73. The fourth-order valence-electron chi connectivity index (χ4n) is 1.64. The van der Waals surface area contributed by atoms with Gasteiger partial charge < -0.3 is 0 Å². The summed E-state index contributed by atoms with van der Waals surface area (Å²) in [5.41, 5.74) is -0.532. The van der Waals surface area contributed by atoms with Crippen LogP contribution in [-0.2, 0) is 17.7 Å².